The average molecular weight is 400 g/mol. The summed E-state index contributed by atoms with van der Waals surface area (Å²) in [5.74, 6) is 1.05. The van der Waals surface area contributed by atoms with E-state index in [1.165, 1.54) is 7.11 Å². The highest BCUT2D eigenvalue weighted by Crippen LogP contribution is 2.41. The smallest absolute Gasteiger partial charge is 0.230 e. The van der Waals surface area contributed by atoms with E-state index in [1.807, 2.05) is 6.07 Å². The number of rotatable bonds is 3. The van der Waals surface area contributed by atoms with Gasteiger partial charge in [0.2, 0.25) is 5.55 Å². The Kier molecular flexibility index (Phi) is 4.38. The molecule has 1 heterocycles. The molecule has 0 unspecified atom stereocenters. The van der Waals surface area contributed by atoms with Crippen LogP contribution in [0.5, 0.6) is 11.5 Å². The van der Waals surface area contributed by atoms with E-state index in [0.717, 1.165) is 0 Å². The number of nitrogen functional groups attached to an aromatic ring is 1. The minimum Gasteiger partial charge on any atom is -0.493 e. The molecule has 7 heteroatoms. The molecule has 6 nitrogen and oxygen atoms in total. The highest BCUT2D eigenvalue weighted by molar-refractivity contribution is 9.10. The first kappa shape index (κ1) is 16.9. The summed E-state index contributed by atoms with van der Waals surface area (Å²) >= 11 is 3.46. The predicted octanol–water partition coefficient (Wildman–Crippen LogP) is 3.81. The van der Waals surface area contributed by atoms with Crippen LogP contribution in [0.1, 0.15) is 5.56 Å². The van der Waals surface area contributed by atoms with Crippen molar-refractivity contribution >= 4 is 32.6 Å². The fourth-order valence-electron chi connectivity index (χ4n) is 2.71. The molecule has 0 bridgehead atoms. The van der Waals surface area contributed by atoms with Crippen LogP contribution in [0, 0.1) is 16.7 Å². The molecular weight excluding hydrogens is 386 g/mol. The maximum Gasteiger partial charge on any atom is 0.230 e. The number of hydrogen-bond acceptors (Lipinski definition) is 6. The Morgan fingerprint density at radius 2 is 1.96 bits per heavy atom. The number of anilines is 1. The summed E-state index contributed by atoms with van der Waals surface area (Å²) in [6.07, 6.45) is 0. The summed E-state index contributed by atoms with van der Waals surface area (Å²) in [5, 5.41) is 18.3. The number of nitriles is 1. The lowest BCUT2D eigenvalue weighted by atomic mass is 9.97. The largest absolute Gasteiger partial charge is 0.493 e. The number of methoxy groups -OCH3 is 2. The van der Waals surface area contributed by atoms with Crippen LogP contribution in [-0.2, 0) is 0 Å². The molecule has 0 radical (unpaired) electrons. The molecule has 0 saturated heterocycles. The van der Waals surface area contributed by atoms with Crippen molar-refractivity contribution in [1.29, 1.82) is 10.7 Å². The molecule has 3 N–H and O–H groups in total. The van der Waals surface area contributed by atoms with Gasteiger partial charge in [-0.05, 0) is 45.8 Å². The third-order valence-corrected chi connectivity index (χ3v) is 4.39. The molecule has 0 fully saturated rings. The molecule has 25 heavy (non-hydrogen) atoms. The fourth-order valence-corrected chi connectivity index (χ4v) is 3.31. The third kappa shape index (κ3) is 2.81. The molecule has 3 rings (SSSR count). The van der Waals surface area contributed by atoms with Crippen LogP contribution in [0.4, 0.5) is 5.69 Å². The van der Waals surface area contributed by atoms with Gasteiger partial charge in [0.1, 0.15) is 17.2 Å². The van der Waals surface area contributed by atoms with E-state index in [9.17, 15) is 5.26 Å². The number of fused-ring (bicyclic) bond motifs is 1. The molecule has 0 amide bonds. The summed E-state index contributed by atoms with van der Waals surface area (Å²) in [7, 11) is 3.08. The third-order valence-electron chi connectivity index (χ3n) is 3.80. The number of hydrogen-bond donors (Lipinski definition) is 2. The van der Waals surface area contributed by atoms with Crippen molar-refractivity contribution in [2.24, 2.45) is 0 Å². The van der Waals surface area contributed by atoms with Gasteiger partial charge in [-0.3, -0.25) is 5.41 Å². The van der Waals surface area contributed by atoms with E-state index in [1.54, 1.807) is 31.4 Å². The number of halogens is 1. The Morgan fingerprint density at radius 3 is 2.60 bits per heavy atom. The summed E-state index contributed by atoms with van der Waals surface area (Å²) in [6.45, 7) is 0. The molecule has 2 aromatic carbocycles. The summed E-state index contributed by atoms with van der Waals surface area (Å²) in [6, 6.07) is 10.8. The molecular formula is C18H14BrN3O3. The van der Waals surface area contributed by atoms with E-state index in [4.69, 9.17) is 25.0 Å². The van der Waals surface area contributed by atoms with E-state index in [-0.39, 0.29) is 11.1 Å². The normalized spacial score (nSPS) is 10.5. The Hall–Kier alpha value is -2.98. The topological polar surface area (TPSA) is 105 Å². The van der Waals surface area contributed by atoms with Gasteiger partial charge in [0.05, 0.1) is 18.7 Å². The quantitative estimate of drug-likeness (QED) is 0.651. The number of nitrogens with two attached hydrogens (primary N) is 1. The predicted molar refractivity (Wildman–Crippen MR) is 97.4 cm³/mol. The Bertz CT molecular complexity index is 1080. The highest BCUT2D eigenvalue weighted by atomic mass is 79.9. The Labute approximate surface area is 152 Å². The molecule has 0 aliphatic heterocycles. The molecule has 0 aliphatic carbocycles. The molecule has 1 aromatic heterocycles. The van der Waals surface area contributed by atoms with Gasteiger partial charge in [0.15, 0.2) is 11.5 Å². The van der Waals surface area contributed by atoms with E-state index < -0.39 is 0 Å². The monoisotopic (exact) mass is 399 g/mol. The average Bonchev–Trinajstić information content (AvgIpc) is 2.59. The Morgan fingerprint density at radius 1 is 1.20 bits per heavy atom. The van der Waals surface area contributed by atoms with Gasteiger partial charge < -0.3 is 19.6 Å². The van der Waals surface area contributed by atoms with Crippen LogP contribution in [0.2, 0.25) is 0 Å². The lowest BCUT2D eigenvalue weighted by Gasteiger charge is -2.14. The van der Waals surface area contributed by atoms with Crippen molar-refractivity contribution in [3.8, 4) is 28.7 Å². The lowest BCUT2D eigenvalue weighted by Crippen LogP contribution is -2.07. The lowest BCUT2D eigenvalue weighted by molar-refractivity contribution is 0.353. The van der Waals surface area contributed by atoms with Crippen molar-refractivity contribution in [1.82, 2.24) is 0 Å². The van der Waals surface area contributed by atoms with Crippen molar-refractivity contribution < 1.29 is 13.9 Å². The maximum atomic E-state index is 9.55. The molecule has 0 aliphatic rings. The van der Waals surface area contributed by atoms with Gasteiger partial charge in [-0.25, -0.2) is 0 Å². The Balaban J connectivity index is 2.45. The zero-order valence-electron chi connectivity index (χ0n) is 13.5. The van der Waals surface area contributed by atoms with Crippen molar-refractivity contribution in [2.75, 3.05) is 20.0 Å². The fraction of sp³-hybridized carbons (Fsp3) is 0.111. The summed E-state index contributed by atoms with van der Waals surface area (Å²) in [5.41, 5.74) is 7.95. The van der Waals surface area contributed by atoms with Crippen LogP contribution in [0.25, 0.3) is 22.1 Å². The van der Waals surface area contributed by atoms with Gasteiger partial charge in [0.25, 0.3) is 0 Å². The van der Waals surface area contributed by atoms with Crippen LogP contribution >= 0.6 is 15.9 Å². The van der Waals surface area contributed by atoms with Crippen LogP contribution in [0.15, 0.2) is 39.2 Å². The van der Waals surface area contributed by atoms with E-state index >= 15 is 0 Å². The van der Waals surface area contributed by atoms with E-state index in [0.29, 0.717) is 43.8 Å². The second-order valence-corrected chi connectivity index (χ2v) is 6.10. The molecule has 0 spiro atoms. The number of benzene rings is 2. The highest BCUT2D eigenvalue weighted by Gasteiger charge is 2.18. The summed E-state index contributed by atoms with van der Waals surface area (Å²) in [4.78, 5) is 0. The van der Waals surface area contributed by atoms with Crippen molar-refractivity contribution in [3.63, 3.8) is 0 Å². The molecule has 3 aromatic rings. The maximum absolute atomic E-state index is 9.55. The van der Waals surface area contributed by atoms with Crippen LogP contribution < -0.4 is 20.8 Å². The van der Waals surface area contributed by atoms with E-state index in [2.05, 4.69) is 22.0 Å². The second kappa shape index (κ2) is 6.49. The van der Waals surface area contributed by atoms with Gasteiger partial charge >= 0.3 is 0 Å². The van der Waals surface area contributed by atoms with Crippen molar-refractivity contribution in [3.05, 3.63) is 45.9 Å². The zero-order chi connectivity index (χ0) is 18.1. The number of ether oxygens (including phenoxy) is 2. The standard InChI is InChI=1S/C18H14BrN3O3/c1-23-15-6-9(5-13(19)17(15)24-2)16-11-4-3-10(21)7-14(11)25-18(22)12(16)8-20/h3-7,22H,21H2,1-2H3. The van der Waals surface area contributed by atoms with Crippen LogP contribution in [-0.4, -0.2) is 14.2 Å². The first-order valence-corrected chi connectivity index (χ1v) is 8.02. The minimum absolute atomic E-state index is 0.136. The van der Waals surface area contributed by atoms with Crippen molar-refractivity contribution in [2.45, 2.75) is 0 Å². The first-order valence-electron chi connectivity index (χ1n) is 7.23. The first-order chi connectivity index (χ1) is 12.0. The molecule has 0 saturated carbocycles. The second-order valence-electron chi connectivity index (χ2n) is 5.24. The van der Waals surface area contributed by atoms with Crippen LogP contribution in [0.3, 0.4) is 0 Å². The minimum atomic E-state index is -0.221. The van der Waals surface area contributed by atoms with Gasteiger partial charge in [0, 0.05) is 22.7 Å². The number of nitrogens with zero attached hydrogens (tertiary/aromatic N) is 1. The molecule has 0 atom stereocenters. The molecule has 126 valence electrons. The zero-order valence-corrected chi connectivity index (χ0v) is 15.1. The van der Waals surface area contributed by atoms with Gasteiger partial charge in [-0.1, -0.05) is 0 Å². The van der Waals surface area contributed by atoms with Gasteiger partial charge in [-0.15, -0.1) is 0 Å². The SMILES string of the molecule is COc1cc(-c2c(C#N)c(=N)oc3cc(N)ccc23)cc(Br)c1OC. The summed E-state index contributed by atoms with van der Waals surface area (Å²) < 4.78 is 16.8. The number of nitrogens with one attached hydrogen (secondary N) is 1. The van der Waals surface area contributed by atoms with Gasteiger partial charge in [-0.2, -0.15) is 5.26 Å².